The van der Waals surface area contributed by atoms with E-state index in [1.165, 1.54) is 14.2 Å². The minimum absolute atomic E-state index is 0.0683. The number of benzene rings is 2. The summed E-state index contributed by atoms with van der Waals surface area (Å²) in [5, 5.41) is 2.92. The molecular formula is C25H33N3O5. The standard InChI is InChI=1S/C25H33N3O5/c1-17(2)23(26-24(29)18-14-19(31-3)16-20(15-18)32-4)25(30)28-12-10-27(11-13-28)21-8-6-7-9-22(21)33-5/h6-9,14-17,23H,10-13H2,1-5H3,(H,26,29)/t23-/m0/s1. The van der Waals surface area contributed by atoms with E-state index in [2.05, 4.69) is 10.2 Å². The van der Waals surface area contributed by atoms with Crippen LogP contribution < -0.4 is 24.4 Å². The van der Waals surface area contributed by atoms with Crippen molar-refractivity contribution in [2.75, 3.05) is 52.4 Å². The molecule has 2 amide bonds. The largest absolute Gasteiger partial charge is 0.497 e. The average Bonchev–Trinajstić information content (AvgIpc) is 2.86. The second-order valence-electron chi connectivity index (χ2n) is 8.28. The van der Waals surface area contributed by atoms with Gasteiger partial charge in [-0.15, -0.1) is 0 Å². The minimum atomic E-state index is -0.632. The van der Waals surface area contributed by atoms with Gasteiger partial charge in [0.2, 0.25) is 5.91 Å². The minimum Gasteiger partial charge on any atom is -0.497 e. The highest BCUT2D eigenvalue weighted by Crippen LogP contribution is 2.28. The maximum absolute atomic E-state index is 13.3. The highest BCUT2D eigenvalue weighted by molar-refractivity contribution is 5.98. The summed E-state index contributed by atoms with van der Waals surface area (Å²) in [7, 11) is 4.72. The molecule has 2 aromatic carbocycles. The molecule has 0 bridgehead atoms. The molecule has 1 fully saturated rings. The van der Waals surface area contributed by atoms with E-state index < -0.39 is 6.04 Å². The Hall–Kier alpha value is -3.42. The van der Waals surface area contributed by atoms with Crippen molar-refractivity contribution in [3.05, 3.63) is 48.0 Å². The highest BCUT2D eigenvalue weighted by Gasteiger charge is 2.31. The van der Waals surface area contributed by atoms with Gasteiger partial charge in [-0.3, -0.25) is 9.59 Å². The molecule has 8 heteroatoms. The number of para-hydroxylation sites is 2. The van der Waals surface area contributed by atoms with E-state index >= 15 is 0 Å². The van der Waals surface area contributed by atoms with Gasteiger partial charge in [0.25, 0.3) is 5.91 Å². The van der Waals surface area contributed by atoms with Gasteiger partial charge in [-0.1, -0.05) is 26.0 Å². The number of methoxy groups -OCH3 is 3. The van der Waals surface area contributed by atoms with Crippen LogP contribution in [-0.2, 0) is 4.79 Å². The third-order valence-corrected chi connectivity index (χ3v) is 5.85. The van der Waals surface area contributed by atoms with Crippen molar-refractivity contribution in [2.45, 2.75) is 19.9 Å². The average molecular weight is 456 g/mol. The van der Waals surface area contributed by atoms with E-state index in [1.54, 1.807) is 25.3 Å². The van der Waals surface area contributed by atoms with Crippen LogP contribution >= 0.6 is 0 Å². The number of ether oxygens (including phenoxy) is 3. The van der Waals surface area contributed by atoms with E-state index in [9.17, 15) is 9.59 Å². The van der Waals surface area contributed by atoms with Crippen molar-refractivity contribution >= 4 is 17.5 Å². The molecule has 8 nitrogen and oxygen atoms in total. The van der Waals surface area contributed by atoms with Gasteiger partial charge < -0.3 is 29.3 Å². The van der Waals surface area contributed by atoms with Gasteiger partial charge >= 0.3 is 0 Å². The van der Waals surface area contributed by atoms with Crippen LogP contribution in [0.2, 0.25) is 0 Å². The first-order valence-electron chi connectivity index (χ1n) is 11.1. The number of hydrogen-bond acceptors (Lipinski definition) is 6. The van der Waals surface area contributed by atoms with Crippen molar-refractivity contribution in [2.24, 2.45) is 5.92 Å². The van der Waals surface area contributed by atoms with E-state index in [-0.39, 0.29) is 17.7 Å². The molecule has 1 aliphatic rings. The fourth-order valence-corrected chi connectivity index (χ4v) is 3.93. The summed E-state index contributed by atoms with van der Waals surface area (Å²) in [6, 6.07) is 12.2. The summed E-state index contributed by atoms with van der Waals surface area (Å²) in [6.45, 7) is 6.39. The van der Waals surface area contributed by atoms with Crippen molar-refractivity contribution in [1.82, 2.24) is 10.2 Å². The van der Waals surface area contributed by atoms with E-state index in [0.29, 0.717) is 43.2 Å². The van der Waals surface area contributed by atoms with E-state index in [4.69, 9.17) is 14.2 Å². The van der Waals surface area contributed by atoms with Crippen molar-refractivity contribution in [3.8, 4) is 17.2 Å². The SMILES string of the molecule is COc1cc(OC)cc(C(=O)N[C@H](C(=O)N2CCN(c3ccccc3OC)CC2)C(C)C)c1. The molecule has 33 heavy (non-hydrogen) atoms. The summed E-state index contributed by atoms with van der Waals surface area (Å²) < 4.78 is 16.0. The Balaban J connectivity index is 1.68. The number of amides is 2. The molecule has 1 heterocycles. The van der Waals surface area contributed by atoms with Gasteiger partial charge in [0.05, 0.1) is 27.0 Å². The van der Waals surface area contributed by atoms with Gasteiger partial charge in [-0.2, -0.15) is 0 Å². The predicted molar refractivity (Wildman–Crippen MR) is 127 cm³/mol. The summed E-state index contributed by atoms with van der Waals surface area (Å²) in [4.78, 5) is 30.4. The van der Waals surface area contributed by atoms with Crippen LogP contribution in [0, 0.1) is 5.92 Å². The van der Waals surface area contributed by atoms with Gasteiger partial charge in [-0.05, 0) is 30.2 Å². The number of anilines is 1. The Morgan fingerprint density at radius 2 is 1.48 bits per heavy atom. The number of carbonyl (C=O) groups excluding carboxylic acids is 2. The maximum Gasteiger partial charge on any atom is 0.252 e. The number of piperazine rings is 1. The lowest BCUT2D eigenvalue weighted by molar-refractivity contribution is -0.134. The summed E-state index contributed by atoms with van der Waals surface area (Å²) in [5.74, 6) is 1.36. The van der Waals surface area contributed by atoms with Gasteiger partial charge in [-0.25, -0.2) is 0 Å². The fourth-order valence-electron chi connectivity index (χ4n) is 3.93. The second-order valence-corrected chi connectivity index (χ2v) is 8.28. The summed E-state index contributed by atoms with van der Waals surface area (Å²) in [6.07, 6.45) is 0. The quantitative estimate of drug-likeness (QED) is 0.659. The Morgan fingerprint density at radius 3 is 2.03 bits per heavy atom. The van der Waals surface area contributed by atoms with Crippen molar-refractivity contribution in [3.63, 3.8) is 0 Å². The zero-order valence-corrected chi connectivity index (χ0v) is 20.0. The zero-order valence-electron chi connectivity index (χ0n) is 20.0. The normalized spacial score (nSPS) is 14.6. The monoisotopic (exact) mass is 455 g/mol. The Labute approximate surface area is 195 Å². The van der Waals surface area contributed by atoms with E-state index in [1.807, 2.05) is 43.0 Å². The first-order valence-corrected chi connectivity index (χ1v) is 11.1. The molecule has 0 spiro atoms. The van der Waals surface area contributed by atoms with E-state index in [0.717, 1.165) is 11.4 Å². The van der Waals surface area contributed by atoms with Crippen molar-refractivity contribution < 1.29 is 23.8 Å². The first kappa shape index (κ1) is 24.2. The zero-order chi connectivity index (χ0) is 24.0. The Bertz CT molecular complexity index is 948. The number of hydrogen-bond donors (Lipinski definition) is 1. The lowest BCUT2D eigenvalue weighted by atomic mass is 10.0. The summed E-state index contributed by atoms with van der Waals surface area (Å²) >= 11 is 0. The van der Waals surface area contributed by atoms with Crippen LogP contribution in [0.3, 0.4) is 0 Å². The third kappa shape index (κ3) is 5.69. The number of carbonyl (C=O) groups is 2. The highest BCUT2D eigenvalue weighted by atomic mass is 16.5. The number of rotatable bonds is 8. The molecule has 1 N–H and O–H groups in total. The van der Waals surface area contributed by atoms with Crippen LogP contribution in [0.4, 0.5) is 5.69 Å². The summed E-state index contributed by atoms with van der Waals surface area (Å²) in [5.41, 5.74) is 1.40. The van der Waals surface area contributed by atoms with Gasteiger partial charge in [0.1, 0.15) is 23.3 Å². The Kier molecular flexibility index (Phi) is 8.03. The topological polar surface area (TPSA) is 80.3 Å². The fraction of sp³-hybridized carbons (Fsp3) is 0.440. The second kappa shape index (κ2) is 10.9. The molecule has 0 unspecified atom stereocenters. The van der Waals surface area contributed by atoms with Gasteiger partial charge in [0, 0.05) is 37.8 Å². The molecule has 178 valence electrons. The molecule has 2 aromatic rings. The smallest absolute Gasteiger partial charge is 0.252 e. The molecular weight excluding hydrogens is 422 g/mol. The lowest BCUT2D eigenvalue weighted by Gasteiger charge is -2.38. The number of nitrogens with zero attached hydrogens (tertiary/aromatic N) is 2. The maximum atomic E-state index is 13.3. The van der Waals surface area contributed by atoms with Crippen LogP contribution in [0.25, 0.3) is 0 Å². The van der Waals surface area contributed by atoms with Crippen LogP contribution in [0.15, 0.2) is 42.5 Å². The predicted octanol–water partition coefficient (Wildman–Crippen LogP) is 2.82. The molecule has 1 atom stereocenters. The molecule has 3 rings (SSSR count). The van der Waals surface area contributed by atoms with Crippen LogP contribution in [0.5, 0.6) is 17.2 Å². The first-order chi connectivity index (χ1) is 15.9. The Morgan fingerprint density at radius 1 is 0.879 bits per heavy atom. The molecule has 1 saturated heterocycles. The third-order valence-electron chi connectivity index (χ3n) is 5.85. The van der Waals surface area contributed by atoms with Gasteiger partial charge in [0.15, 0.2) is 0 Å². The molecule has 1 aliphatic heterocycles. The molecule has 0 radical (unpaired) electrons. The van der Waals surface area contributed by atoms with Crippen LogP contribution in [-0.4, -0.2) is 70.3 Å². The number of nitrogens with one attached hydrogen (secondary N) is 1. The molecule has 0 aromatic heterocycles. The lowest BCUT2D eigenvalue weighted by Crippen LogP contribution is -2.56. The molecule has 0 aliphatic carbocycles. The van der Waals surface area contributed by atoms with Crippen LogP contribution in [0.1, 0.15) is 24.2 Å². The van der Waals surface area contributed by atoms with Crippen molar-refractivity contribution in [1.29, 1.82) is 0 Å². The molecule has 0 saturated carbocycles.